The van der Waals surface area contributed by atoms with Crippen LogP contribution in [0.1, 0.15) is 44.3 Å². The molecule has 2 rings (SSSR count). The highest BCUT2D eigenvalue weighted by atomic mass is 32.1. The summed E-state index contributed by atoms with van der Waals surface area (Å²) in [6, 6.07) is 0.202. The predicted octanol–water partition coefficient (Wildman–Crippen LogP) is 2.68. The minimum Gasteiger partial charge on any atom is -0.481 e. The van der Waals surface area contributed by atoms with E-state index < -0.39 is 5.97 Å². The Morgan fingerprint density at radius 1 is 1.61 bits per heavy atom. The normalized spacial score (nSPS) is 25.8. The molecule has 1 aliphatic carbocycles. The Kier molecular flexibility index (Phi) is 4.72. The molecular formula is C13H20N2O2S. The lowest BCUT2D eigenvalue weighted by Crippen LogP contribution is -2.35. The Labute approximate surface area is 111 Å². The molecule has 0 aliphatic heterocycles. The molecule has 2 N–H and O–H groups in total. The molecule has 18 heavy (non-hydrogen) atoms. The number of aliphatic carboxylic acids is 1. The quantitative estimate of drug-likeness (QED) is 0.862. The molecule has 3 unspecified atom stereocenters. The molecule has 1 aromatic heterocycles. The van der Waals surface area contributed by atoms with Gasteiger partial charge in [0.2, 0.25) is 0 Å². The number of thiazole rings is 1. The zero-order valence-electron chi connectivity index (χ0n) is 10.6. The molecule has 0 spiro atoms. The summed E-state index contributed by atoms with van der Waals surface area (Å²) in [6.07, 6.45) is 4.05. The van der Waals surface area contributed by atoms with Gasteiger partial charge in [0.15, 0.2) is 0 Å². The highest BCUT2D eigenvalue weighted by Gasteiger charge is 2.30. The van der Waals surface area contributed by atoms with Gasteiger partial charge in [-0.25, -0.2) is 4.98 Å². The van der Waals surface area contributed by atoms with Crippen LogP contribution in [0.15, 0.2) is 10.9 Å². The van der Waals surface area contributed by atoms with Crippen molar-refractivity contribution in [1.29, 1.82) is 0 Å². The maximum absolute atomic E-state index is 11.2. The van der Waals surface area contributed by atoms with E-state index in [9.17, 15) is 9.90 Å². The summed E-state index contributed by atoms with van der Waals surface area (Å²) >= 11 is 1.59. The molecular weight excluding hydrogens is 248 g/mol. The van der Waals surface area contributed by atoms with Gasteiger partial charge < -0.3 is 10.4 Å². The smallest absolute Gasteiger partial charge is 0.306 e. The molecule has 3 atom stereocenters. The van der Waals surface area contributed by atoms with E-state index in [1.54, 1.807) is 11.3 Å². The fourth-order valence-corrected chi connectivity index (χ4v) is 3.29. The van der Waals surface area contributed by atoms with Crippen molar-refractivity contribution in [2.45, 2.75) is 38.6 Å². The van der Waals surface area contributed by atoms with Crippen LogP contribution in [0.3, 0.4) is 0 Å². The summed E-state index contributed by atoms with van der Waals surface area (Å²) in [7, 11) is 0. The lowest BCUT2D eigenvalue weighted by atomic mass is 9.79. The number of carboxylic acids is 1. The largest absolute Gasteiger partial charge is 0.481 e. The van der Waals surface area contributed by atoms with E-state index in [1.165, 1.54) is 0 Å². The Morgan fingerprint density at radius 3 is 3.06 bits per heavy atom. The fourth-order valence-electron chi connectivity index (χ4n) is 2.65. The van der Waals surface area contributed by atoms with E-state index >= 15 is 0 Å². The van der Waals surface area contributed by atoms with E-state index in [0.717, 1.165) is 37.9 Å². The van der Waals surface area contributed by atoms with Crippen LogP contribution in [0.5, 0.6) is 0 Å². The number of aromatic nitrogens is 1. The van der Waals surface area contributed by atoms with Crippen LogP contribution >= 0.6 is 11.3 Å². The molecule has 100 valence electrons. The Hall–Kier alpha value is -0.940. The Morgan fingerprint density at radius 2 is 2.39 bits per heavy atom. The first-order valence-electron chi connectivity index (χ1n) is 6.52. The number of carboxylic acid groups (broad SMARTS) is 1. The first-order chi connectivity index (χ1) is 8.68. The Bertz CT molecular complexity index is 380. The molecule has 1 aromatic rings. The number of carbonyl (C=O) groups is 1. The predicted molar refractivity (Wildman–Crippen MR) is 71.6 cm³/mol. The molecule has 0 amide bonds. The van der Waals surface area contributed by atoms with Crippen molar-refractivity contribution >= 4 is 17.3 Å². The molecule has 0 saturated heterocycles. The van der Waals surface area contributed by atoms with Gasteiger partial charge in [-0.1, -0.05) is 12.8 Å². The van der Waals surface area contributed by atoms with Crippen LogP contribution < -0.4 is 5.32 Å². The first kappa shape index (κ1) is 13.5. The third-order valence-electron chi connectivity index (χ3n) is 3.81. The highest BCUT2D eigenvalue weighted by molar-refractivity contribution is 7.07. The van der Waals surface area contributed by atoms with Gasteiger partial charge in [0.25, 0.3) is 0 Å². The van der Waals surface area contributed by atoms with E-state index in [1.807, 2.05) is 10.9 Å². The fraction of sp³-hybridized carbons (Fsp3) is 0.692. The van der Waals surface area contributed by atoms with Crippen molar-refractivity contribution in [2.24, 2.45) is 11.8 Å². The zero-order valence-corrected chi connectivity index (χ0v) is 11.4. The van der Waals surface area contributed by atoms with E-state index in [4.69, 9.17) is 0 Å². The second-order valence-corrected chi connectivity index (χ2v) is 5.75. The minimum absolute atomic E-state index is 0.172. The molecule has 4 nitrogen and oxygen atoms in total. The molecule has 1 heterocycles. The highest BCUT2D eigenvalue weighted by Crippen LogP contribution is 2.30. The van der Waals surface area contributed by atoms with Crippen LogP contribution in [0.2, 0.25) is 0 Å². The lowest BCUT2D eigenvalue weighted by Gasteiger charge is -2.29. The summed E-state index contributed by atoms with van der Waals surface area (Å²) in [6.45, 7) is 2.85. The summed E-state index contributed by atoms with van der Waals surface area (Å²) in [5.41, 5.74) is 2.87. The number of nitrogens with one attached hydrogen (secondary N) is 1. The van der Waals surface area contributed by atoms with Gasteiger partial charge in [-0.2, -0.15) is 0 Å². The third-order valence-corrected chi connectivity index (χ3v) is 4.41. The zero-order chi connectivity index (χ0) is 13.0. The van der Waals surface area contributed by atoms with Crippen molar-refractivity contribution in [1.82, 2.24) is 10.3 Å². The van der Waals surface area contributed by atoms with E-state index in [-0.39, 0.29) is 17.9 Å². The SMILES string of the molecule is CC(NCC1CCCCC1C(=O)O)c1cscn1. The number of nitrogens with zero attached hydrogens (tertiary/aromatic N) is 1. The van der Waals surface area contributed by atoms with Crippen molar-refractivity contribution < 1.29 is 9.90 Å². The molecule has 1 aliphatic rings. The van der Waals surface area contributed by atoms with E-state index in [0.29, 0.717) is 0 Å². The average molecular weight is 268 g/mol. The number of rotatable bonds is 5. The van der Waals surface area contributed by atoms with Gasteiger partial charge in [-0.15, -0.1) is 11.3 Å². The summed E-state index contributed by atoms with van der Waals surface area (Å²) in [4.78, 5) is 15.5. The summed E-state index contributed by atoms with van der Waals surface area (Å²) < 4.78 is 0. The molecule has 0 aromatic carbocycles. The minimum atomic E-state index is -0.636. The monoisotopic (exact) mass is 268 g/mol. The summed E-state index contributed by atoms with van der Waals surface area (Å²) in [5.74, 6) is -0.547. The summed E-state index contributed by atoms with van der Waals surface area (Å²) in [5, 5.41) is 14.7. The van der Waals surface area contributed by atoms with Gasteiger partial charge in [-0.05, 0) is 32.2 Å². The molecule has 0 bridgehead atoms. The van der Waals surface area contributed by atoms with Gasteiger partial charge in [0.05, 0.1) is 17.1 Å². The van der Waals surface area contributed by atoms with Crippen LogP contribution in [-0.2, 0) is 4.79 Å². The van der Waals surface area contributed by atoms with Crippen molar-refractivity contribution in [3.05, 3.63) is 16.6 Å². The molecule has 1 fully saturated rings. The van der Waals surface area contributed by atoms with Crippen LogP contribution in [0, 0.1) is 11.8 Å². The molecule has 0 radical (unpaired) electrons. The Balaban J connectivity index is 1.86. The van der Waals surface area contributed by atoms with Crippen molar-refractivity contribution in [2.75, 3.05) is 6.54 Å². The number of hydrogen-bond acceptors (Lipinski definition) is 4. The van der Waals surface area contributed by atoms with Crippen LogP contribution in [0.4, 0.5) is 0 Å². The first-order valence-corrected chi connectivity index (χ1v) is 7.47. The van der Waals surface area contributed by atoms with Crippen molar-refractivity contribution in [3.63, 3.8) is 0 Å². The maximum Gasteiger partial charge on any atom is 0.306 e. The van der Waals surface area contributed by atoms with E-state index in [2.05, 4.69) is 17.2 Å². The maximum atomic E-state index is 11.2. The van der Waals surface area contributed by atoms with Crippen molar-refractivity contribution in [3.8, 4) is 0 Å². The number of hydrogen-bond donors (Lipinski definition) is 2. The third kappa shape index (κ3) is 3.29. The van der Waals surface area contributed by atoms with Gasteiger partial charge in [-0.3, -0.25) is 4.79 Å². The van der Waals surface area contributed by atoms with Gasteiger partial charge >= 0.3 is 5.97 Å². The average Bonchev–Trinajstić information content (AvgIpc) is 2.90. The molecule has 5 heteroatoms. The topological polar surface area (TPSA) is 62.2 Å². The van der Waals surface area contributed by atoms with Crippen LogP contribution in [0.25, 0.3) is 0 Å². The van der Waals surface area contributed by atoms with Gasteiger partial charge in [0, 0.05) is 11.4 Å². The van der Waals surface area contributed by atoms with Crippen LogP contribution in [-0.4, -0.2) is 22.6 Å². The molecule has 1 saturated carbocycles. The standard InChI is InChI=1S/C13H20N2O2S/c1-9(12-7-18-8-15-12)14-6-10-4-2-3-5-11(10)13(16)17/h7-11,14H,2-6H2,1H3,(H,16,17). The second-order valence-electron chi connectivity index (χ2n) is 5.03. The lowest BCUT2D eigenvalue weighted by molar-refractivity contribution is -0.144. The van der Waals surface area contributed by atoms with Gasteiger partial charge in [0.1, 0.15) is 0 Å². The second kappa shape index (κ2) is 6.29.